The Bertz CT molecular complexity index is 586. The van der Waals surface area contributed by atoms with Crippen LogP contribution in [-0.2, 0) is 6.54 Å². The number of hydrogen-bond acceptors (Lipinski definition) is 4. The van der Waals surface area contributed by atoms with Gasteiger partial charge in [-0.1, -0.05) is 26.7 Å². The van der Waals surface area contributed by atoms with Gasteiger partial charge in [0.25, 0.3) is 0 Å². The predicted octanol–water partition coefficient (Wildman–Crippen LogP) is 3.52. The number of aromatic nitrogens is 2. The molecular formula is C16H26N4S. The van der Waals surface area contributed by atoms with Gasteiger partial charge in [-0.3, -0.25) is 4.40 Å². The van der Waals surface area contributed by atoms with Gasteiger partial charge in [0.05, 0.1) is 5.69 Å². The summed E-state index contributed by atoms with van der Waals surface area (Å²) < 4.78 is 2.23. The van der Waals surface area contributed by atoms with Crippen molar-refractivity contribution in [3.63, 3.8) is 0 Å². The molecule has 0 bridgehead atoms. The number of piperidine rings is 1. The molecule has 21 heavy (non-hydrogen) atoms. The molecule has 1 aliphatic heterocycles. The Morgan fingerprint density at radius 2 is 2.00 bits per heavy atom. The molecule has 3 heterocycles. The third-order valence-electron chi connectivity index (χ3n) is 5.31. The molecule has 0 aliphatic carbocycles. The summed E-state index contributed by atoms with van der Waals surface area (Å²) in [6.45, 7) is 7.85. The standard InChI is InChI=1S/C16H26N4S/c1-4-16(5-2)6-8-19(9-7-16)14-13(12-17-3)20-10-11-21-15(20)18-14/h10-11,17H,4-9,12H2,1-3H3. The van der Waals surface area contributed by atoms with Crippen LogP contribution in [0, 0.1) is 5.41 Å². The van der Waals surface area contributed by atoms with Crippen molar-refractivity contribution in [3.8, 4) is 0 Å². The van der Waals surface area contributed by atoms with Crippen LogP contribution < -0.4 is 10.2 Å². The van der Waals surface area contributed by atoms with Gasteiger partial charge in [0, 0.05) is 31.2 Å². The number of nitrogens with one attached hydrogen (secondary N) is 1. The first-order valence-corrected chi connectivity index (χ1v) is 8.95. The van der Waals surface area contributed by atoms with Crippen LogP contribution in [0.4, 0.5) is 5.82 Å². The third kappa shape index (κ3) is 2.57. The minimum atomic E-state index is 0.566. The third-order valence-corrected chi connectivity index (χ3v) is 6.06. The van der Waals surface area contributed by atoms with Crippen molar-refractivity contribution in [2.75, 3.05) is 25.0 Å². The molecule has 2 aromatic heterocycles. The molecule has 116 valence electrons. The summed E-state index contributed by atoms with van der Waals surface area (Å²) in [6, 6.07) is 0. The van der Waals surface area contributed by atoms with Gasteiger partial charge < -0.3 is 10.2 Å². The van der Waals surface area contributed by atoms with E-state index in [1.54, 1.807) is 11.3 Å². The van der Waals surface area contributed by atoms with Crippen LogP contribution in [-0.4, -0.2) is 29.5 Å². The van der Waals surface area contributed by atoms with Crippen molar-refractivity contribution in [1.29, 1.82) is 0 Å². The SMILES string of the molecule is CCC1(CC)CCN(c2nc3sccn3c2CNC)CC1. The van der Waals surface area contributed by atoms with Crippen LogP contribution in [0.2, 0.25) is 0 Å². The second kappa shape index (κ2) is 5.97. The summed E-state index contributed by atoms with van der Waals surface area (Å²) in [5.74, 6) is 1.19. The van der Waals surface area contributed by atoms with E-state index in [4.69, 9.17) is 4.98 Å². The summed E-state index contributed by atoms with van der Waals surface area (Å²) in [7, 11) is 2.00. The zero-order chi connectivity index (χ0) is 14.9. The lowest BCUT2D eigenvalue weighted by molar-refractivity contribution is 0.199. The van der Waals surface area contributed by atoms with Crippen LogP contribution in [0.15, 0.2) is 11.6 Å². The number of nitrogens with zero attached hydrogens (tertiary/aromatic N) is 3. The van der Waals surface area contributed by atoms with E-state index in [2.05, 4.69) is 40.0 Å². The maximum atomic E-state index is 4.88. The zero-order valence-corrected chi connectivity index (χ0v) is 14.2. The molecule has 0 saturated carbocycles. The highest BCUT2D eigenvalue weighted by Crippen LogP contribution is 2.39. The van der Waals surface area contributed by atoms with Gasteiger partial charge in [-0.2, -0.15) is 0 Å². The lowest BCUT2D eigenvalue weighted by Crippen LogP contribution is -2.40. The molecule has 0 aromatic carbocycles. The molecule has 0 spiro atoms. The molecular weight excluding hydrogens is 280 g/mol. The first kappa shape index (κ1) is 14.9. The topological polar surface area (TPSA) is 32.6 Å². The van der Waals surface area contributed by atoms with E-state index in [-0.39, 0.29) is 0 Å². The quantitative estimate of drug-likeness (QED) is 0.917. The van der Waals surface area contributed by atoms with Gasteiger partial charge in [0.2, 0.25) is 0 Å². The van der Waals surface area contributed by atoms with Crippen molar-refractivity contribution < 1.29 is 0 Å². The number of hydrogen-bond donors (Lipinski definition) is 1. The van der Waals surface area contributed by atoms with Crippen LogP contribution in [0.3, 0.4) is 0 Å². The summed E-state index contributed by atoms with van der Waals surface area (Å²) >= 11 is 1.72. The van der Waals surface area contributed by atoms with E-state index in [0.717, 1.165) is 24.6 Å². The van der Waals surface area contributed by atoms with Crippen molar-refractivity contribution in [1.82, 2.24) is 14.7 Å². The molecule has 0 unspecified atom stereocenters. The van der Waals surface area contributed by atoms with Crippen LogP contribution in [0.25, 0.3) is 4.96 Å². The molecule has 5 heteroatoms. The summed E-state index contributed by atoms with van der Waals surface area (Å²) in [5, 5.41) is 5.40. The summed E-state index contributed by atoms with van der Waals surface area (Å²) in [5.41, 5.74) is 1.87. The number of fused-ring (bicyclic) bond motifs is 1. The van der Waals surface area contributed by atoms with Gasteiger partial charge in [-0.05, 0) is 25.3 Å². The first-order chi connectivity index (χ1) is 10.2. The normalized spacial score (nSPS) is 18.5. The fraction of sp³-hybridized carbons (Fsp3) is 0.688. The maximum Gasteiger partial charge on any atom is 0.195 e. The van der Waals surface area contributed by atoms with Crippen molar-refractivity contribution in [2.45, 2.75) is 46.1 Å². The minimum Gasteiger partial charge on any atom is -0.355 e. The number of thiazole rings is 1. The Hall–Kier alpha value is -1.07. The van der Waals surface area contributed by atoms with Gasteiger partial charge >= 0.3 is 0 Å². The monoisotopic (exact) mass is 306 g/mol. The molecule has 0 atom stereocenters. The Morgan fingerprint density at radius 3 is 2.62 bits per heavy atom. The fourth-order valence-electron chi connectivity index (χ4n) is 3.56. The highest BCUT2D eigenvalue weighted by molar-refractivity contribution is 7.15. The van der Waals surface area contributed by atoms with E-state index < -0.39 is 0 Å². The average Bonchev–Trinajstić information content (AvgIpc) is 3.10. The lowest BCUT2D eigenvalue weighted by Gasteiger charge is -2.41. The predicted molar refractivity (Wildman–Crippen MR) is 90.3 cm³/mol. The zero-order valence-electron chi connectivity index (χ0n) is 13.4. The molecule has 0 amide bonds. The van der Waals surface area contributed by atoms with E-state index in [0.29, 0.717) is 5.41 Å². The van der Waals surface area contributed by atoms with E-state index in [9.17, 15) is 0 Å². The van der Waals surface area contributed by atoms with Gasteiger partial charge in [-0.25, -0.2) is 4.98 Å². The van der Waals surface area contributed by atoms with Gasteiger partial charge in [-0.15, -0.1) is 11.3 Å². The Balaban J connectivity index is 1.85. The van der Waals surface area contributed by atoms with E-state index in [1.807, 2.05) is 7.05 Å². The highest BCUT2D eigenvalue weighted by Gasteiger charge is 2.32. The molecule has 2 aromatic rings. The second-order valence-electron chi connectivity index (χ2n) is 6.16. The van der Waals surface area contributed by atoms with Gasteiger partial charge in [0.1, 0.15) is 0 Å². The van der Waals surface area contributed by atoms with E-state index in [1.165, 1.54) is 37.2 Å². The molecule has 4 nitrogen and oxygen atoms in total. The van der Waals surface area contributed by atoms with Crippen LogP contribution in [0.1, 0.15) is 45.2 Å². The van der Waals surface area contributed by atoms with Gasteiger partial charge in [0.15, 0.2) is 10.8 Å². The number of imidazole rings is 1. The van der Waals surface area contributed by atoms with Crippen LogP contribution >= 0.6 is 11.3 Å². The van der Waals surface area contributed by atoms with Crippen LogP contribution in [0.5, 0.6) is 0 Å². The number of rotatable bonds is 5. The largest absolute Gasteiger partial charge is 0.355 e. The lowest BCUT2D eigenvalue weighted by atomic mass is 9.74. The van der Waals surface area contributed by atoms with Crippen molar-refractivity contribution in [3.05, 3.63) is 17.3 Å². The summed E-state index contributed by atoms with van der Waals surface area (Å²) in [6.07, 6.45) is 7.34. The Morgan fingerprint density at radius 1 is 1.29 bits per heavy atom. The summed E-state index contributed by atoms with van der Waals surface area (Å²) in [4.78, 5) is 8.49. The molecule has 0 radical (unpaired) electrons. The second-order valence-corrected chi connectivity index (χ2v) is 7.04. The highest BCUT2D eigenvalue weighted by atomic mass is 32.1. The van der Waals surface area contributed by atoms with E-state index >= 15 is 0 Å². The molecule has 1 saturated heterocycles. The van der Waals surface area contributed by atoms with Crippen molar-refractivity contribution >= 4 is 22.1 Å². The Kier molecular flexibility index (Phi) is 4.22. The molecule has 3 rings (SSSR count). The smallest absolute Gasteiger partial charge is 0.195 e. The molecule has 1 N–H and O–H groups in total. The maximum absolute atomic E-state index is 4.88. The Labute approximate surface area is 131 Å². The fourth-order valence-corrected chi connectivity index (χ4v) is 4.28. The molecule has 1 aliphatic rings. The first-order valence-electron chi connectivity index (χ1n) is 8.07. The molecule has 1 fully saturated rings. The van der Waals surface area contributed by atoms with Crippen molar-refractivity contribution in [2.24, 2.45) is 5.41 Å². The average molecular weight is 306 g/mol. The number of anilines is 1. The minimum absolute atomic E-state index is 0.566.